The Kier molecular flexibility index (Phi) is 3.57. The SMILES string of the molecule is Fc1ccc(OC2CCCC3c4cc(Br)ccc4NC23)cc1. The lowest BCUT2D eigenvalue weighted by Crippen LogP contribution is -2.41. The smallest absolute Gasteiger partial charge is 0.123 e. The lowest BCUT2D eigenvalue weighted by atomic mass is 9.81. The zero-order chi connectivity index (χ0) is 15.1. The van der Waals surface area contributed by atoms with Crippen molar-refractivity contribution in [3.05, 3.63) is 58.3 Å². The van der Waals surface area contributed by atoms with Gasteiger partial charge in [-0.2, -0.15) is 0 Å². The second-order valence-corrected chi connectivity index (χ2v) is 6.96. The molecule has 0 aromatic heterocycles. The van der Waals surface area contributed by atoms with Gasteiger partial charge in [-0.15, -0.1) is 0 Å². The summed E-state index contributed by atoms with van der Waals surface area (Å²) in [6.45, 7) is 0. The molecule has 1 N–H and O–H groups in total. The average Bonchev–Trinajstić information content (AvgIpc) is 2.89. The van der Waals surface area contributed by atoms with E-state index in [2.05, 4.69) is 39.4 Å². The second-order valence-electron chi connectivity index (χ2n) is 6.05. The molecule has 1 aliphatic heterocycles. The molecule has 1 fully saturated rings. The first-order valence-electron chi connectivity index (χ1n) is 7.69. The third-order valence-electron chi connectivity index (χ3n) is 4.67. The monoisotopic (exact) mass is 361 g/mol. The van der Waals surface area contributed by atoms with Gasteiger partial charge in [0.1, 0.15) is 17.7 Å². The van der Waals surface area contributed by atoms with E-state index in [1.165, 1.54) is 29.8 Å². The Morgan fingerprint density at radius 2 is 1.91 bits per heavy atom. The molecular weight excluding hydrogens is 345 g/mol. The van der Waals surface area contributed by atoms with Crippen LogP contribution in [0.5, 0.6) is 5.75 Å². The Labute approximate surface area is 137 Å². The van der Waals surface area contributed by atoms with Crippen LogP contribution >= 0.6 is 15.9 Å². The highest BCUT2D eigenvalue weighted by Gasteiger charge is 2.41. The van der Waals surface area contributed by atoms with Gasteiger partial charge in [0.15, 0.2) is 0 Å². The minimum absolute atomic E-state index is 0.121. The van der Waals surface area contributed by atoms with E-state index in [9.17, 15) is 4.39 Å². The maximum Gasteiger partial charge on any atom is 0.123 e. The third-order valence-corrected chi connectivity index (χ3v) is 5.17. The van der Waals surface area contributed by atoms with Crippen LogP contribution in [-0.2, 0) is 0 Å². The highest BCUT2D eigenvalue weighted by atomic mass is 79.9. The molecule has 3 atom stereocenters. The second kappa shape index (κ2) is 5.58. The first-order valence-corrected chi connectivity index (χ1v) is 8.48. The lowest BCUT2D eigenvalue weighted by molar-refractivity contribution is 0.132. The third kappa shape index (κ3) is 2.50. The minimum Gasteiger partial charge on any atom is -0.488 e. The predicted molar refractivity (Wildman–Crippen MR) is 89.0 cm³/mol. The molecule has 4 heteroatoms. The van der Waals surface area contributed by atoms with Crippen LogP contribution in [0, 0.1) is 5.82 Å². The summed E-state index contributed by atoms with van der Waals surface area (Å²) in [5.74, 6) is 1.00. The van der Waals surface area contributed by atoms with E-state index in [1.54, 1.807) is 12.1 Å². The first-order chi connectivity index (χ1) is 10.7. The van der Waals surface area contributed by atoms with E-state index in [1.807, 2.05) is 0 Å². The van der Waals surface area contributed by atoms with Crippen molar-refractivity contribution in [2.45, 2.75) is 37.3 Å². The Morgan fingerprint density at radius 1 is 1.09 bits per heavy atom. The molecule has 22 heavy (non-hydrogen) atoms. The van der Waals surface area contributed by atoms with Crippen molar-refractivity contribution >= 4 is 21.6 Å². The van der Waals surface area contributed by atoms with Crippen LogP contribution in [0.2, 0.25) is 0 Å². The highest BCUT2D eigenvalue weighted by Crippen LogP contribution is 2.45. The molecule has 1 saturated carbocycles. The summed E-state index contributed by atoms with van der Waals surface area (Å²) in [7, 11) is 0. The van der Waals surface area contributed by atoms with Crippen LogP contribution in [-0.4, -0.2) is 12.1 Å². The Bertz CT molecular complexity index is 688. The van der Waals surface area contributed by atoms with Crippen LogP contribution in [0.3, 0.4) is 0 Å². The van der Waals surface area contributed by atoms with Gasteiger partial charge in [0.2, 0.25) is 0 Å². The van der Waals surface area contributed by atoms with Crippen molar-refractivity contribution in [2.75, 3.05) is 5.32 Å². The topological polar surface area (TPSA) is 21.3 Å². The van der Waals surface area contributed by atoms with Crippen molar-refractivity contribution in [1.82, 2.24) is 0 Å². The number of anilines is 1. The van der Waals surface area contributed by atoms with Gasteiger partial charge in [0.25, 0.3) is 0 Å². The number of benzene rings is 2. The zero-order valence-electron chi connectivity index (χ0n) is 12.1. The number of halogens is 2. The standard InChI is InChI=1S/C18H17BrFNO/c19-11-4-9-16-15(10-11)14-2-1-3-17(18(14)21-16)22-13-7-5-12(20)6-8-13/h4-10,14,17-18,21H,1-3H2. The van der Waals surface area contributed by atoms with Gasteiger partial charge in [-0.3, -0.25) is 0 Å². The van der Waals surface area contributed by atoms with Crippen LogP contribution < -0.4 is 10.1 Å². The largest absolute Gasteiger partial charge is 0.488 e. The van der Waals surface area contributed by atoms with E-state index in [-0.39, 0.29) is 11.9 Å². The van der Waals surface area contributed by atoms with Crippen molar-refractivity contribution in [3.63, 3.8) is 0 Å². The quantitative estimate of drug-likeness (QED) is 0.803. The summed E-state index contributed by atoms with van der Waals surface area (Å²) in [6, 6.07) is 13.0. The maximum absolute atomic E-state index is 13.0. The van der Waals surface area contributed by atoms with Crippen LogP contribution in [0.25, 0.3) is 0 Å². The van der Waals surface area contributed by atoms with E-state index in [0.29, 0.717) is 12.0 Å². The van der Waals surface area contributed by atoms with Gasteiger partial charge in [-0.05, 0) is 67.3 Å². The van der Waals surface area contributed by atoms with Gasteiger partial charge < -0.3 is 10.1 Å². The fourth-order valence-electron chi connectivity index (χ4n) is 3.67. The maximum atomic E-state index is 13.0. The van der Waals surface area contributed by atoms with Crippen molar-refractivity contribution in [3.8, 4) is 5.75 Å². The van der Waals surface area contributed by atoms with E-state index < -0.39 is 0 Å². The molecule has 2 aromatic rings. The van der Waals surface area contributed by atoms with Gasteiger partial charge in [0.05, 0.1) is 6.04 Å². The van der Waals surface area contributed by atoms with Crippen molar-refractivity contribution < 1.29 is 9.13 Å². The number of rotatable bonds is 2. The zero-order valence-corrected chi connectivity index (χ0v) is 13.6. The molecule has 2 nitrogen and oxygen atoms in total. The number of fused-ring (bicyclic) bond motifs is 3. The molecule has 1 heterocycles. The molecule has 2 aliphatic rings. The Balaban J connectivity index is 1.57. The van der Waals surface area contributed by atoms with Gasteiger partial charge in [-0.25, -0.2) is 4.39 Å². The summed E-state index contributed by atoms with van der Waals surface area (Å²) < 4.78 is 20.3. The number of hydrogen-bond acceptors (Lipinski definition) is 2. The first kappa shape index (κ1) is 14.1. The summed E-state index contributed by atoms with van der Waals surface area (Å²) >= 11 is 3.56. The fraction of sp³-hybridized carbons (Fsp3) is 0.333. The van der Waals surface area contributed by atoms with Crippen LogP contribution in [0.4, 0.5) is 10.1 Å². The molecule has 3 unspecified atom stereocenters. The molecule has 0 radical (unpaired) electrons. The number of hydrogen-bond donors (Lipinski definition) is 1. The van der Waals surface area contributed by atoms with Crippen molar-refractivity contribution in [1.29, 1.82) is 0 Å². The van der Waals surface area contributed by atoms with E-state index in [4.69, 9.17) is 4.74 Å². The molecular formula is C18H17BrFNO. The Morgan fingerprint density at radius 3 is 2.73 bits per heavy atom. The van der Waals surface area contributed by atoms with Gasteiger partial charge in [-0.1, -0.05) is 15.9 Å². The average molecular weight is 362 g/mol. The number of ether oxygens (including phenoxy) is 1. The number of nitrogens with one attached hydrogen (secondary N) is 1. The summed E-state index contributed by atoms with van der Waals surface area (Å²) in [6.07, 6.45) is 3.49. The molecule has 0 spiro atoms. The van der Waals surface area contributed by atoms with Crippen molar-refractivity contribution in [2.24, 2.45) is 0 Å². The summed E-state index contributed by atoms with van der Waals surface area (Å²) in [5.41, 5.74) is 2.60. The predicted octanol–water partition coefficient (Wildman–Crippen LogP) is 5.10. The normalized spacial score (nSPS) is 26.0. The summed E-state index contributed by atoms with van der Waals surface area (Å²) in [4.78, 5) is 0. The van der Waals surface area contributed by atoms with Gasteiger partial charge in [0, 0.05) is 16.1 Å². The molecule has 2 aromatic carbocycles. The molecule has 0 amide bonds. The molecule has 1 aliphatic carbocycles. The molecule has 0 bridgehead atoms. The van der Waals surface area contributed by atoms with Crippen LogP contribution in [0.15, 0.2) is 46.9 Å². The minimum atomic E-state index is -0.231. The summed E-state index contributed by atoms with van der Waals surface area (Å²) in [5, 5.41) is 3.63. The molecule has 4 rings (SSSR count). The molecule has 114 valence electrons. The Hall–Kier alpha value is -1.55. The lowest BCUT2D eigenvalue weighted by Gasteiger charge is -2.34. The fourth-order valence-corrected chi connectivity index (χ4v) is 4.05. The van der Waals surface area contributed by atoms with Crippen LogP contribution in [0.1, 0.15) is 30.7 Å². The van der Waals surface area contributed by atoms with E-state index >= 15 is 0 Å². The van der Waals surface area contributed by atoms with E-state index in [0.717, 1.165) is 23.1 Å². The molecule has 0 saturated heterocycles. The highest BCUT2D eigenvalue weighted by molar-refractivity contribution is 9.10. The van der Waals surface area contributed by atoms with Gasteiger partial charge >= 0.3 is 0 Å².